The average Bonchev–Trinajstić information content (AvgIpc) is 2.48. The van der Waals surface area contributed by atoms with Gasteiger partial charge >= 0.3 is 0 Å². The van der Waals surface area contributed by atoms with Crippen LogP contribution in [0.25, 0.3) is 0 Å². The van der Waals surface area contributed by atoms with Crippen LogP contribution in [0.3, 0.4) is 0 Å². The van der Waals surface area contributed by atoms with Gasteiger partial charge in [-0.15, -0.1) is 0 Å². The number of ether oxygens (including phenoxy) is 1. The summed E-state index contributed by atoms with van der Waals surface area (Å²) in [5, 5.41) is 12.9. The molecule has 1 aromatic heterocycles. The van der Waals surface area contributed by atoms with Gasteiger partial charge in [0.05, 0.1) is 19.3 Å². The van der Waals surface area contributed by atoms with Crippen molar-refractivity contribution in [3.05, 3.63) is 58.0 Å². The van der Waals surface area contributed by atoms with Crippen LogP contribution in [0.2, 0.25) is 0 Å². The van der Waals surface area contributed by atoms with Crippen LogP contribution in [0.1, 0.15) is 17.3 Å². The fraction of sp³-hybridized carbons (Fsp3) is 0.267. The van der Waals surface area contributed by atoms with Gasteiger partial charge in [-0.3, -0.25) is 4.79 Å². The molecule has 3 rings (SSSR count). The Bertz CT molecular complexity index is 694. The van der Waals surface area contributed by atoms with E-state index in [0.717, 1.165) is 30.1 Å². The molecule has 1 aliphatic rings. The lowest BCUT2D eigenvalue weighted by Crippen LogP contribution is -2.35. The van der Waals surface area contributed by atoms with Crippen LogP contribution in [0.5, 0.6) is 11.5 Å². The Morgan fingerprint density at radius 1 is 1.40 bits per heavy atom. The number of fused-ring (bicyclic) bond motifs is 1. The van der Waals surface area contributed by atoms with E-state index in [-0.39, 0.29) is 17.2 Å². The van der Waals surface area contributed by atoms with Crippen molar-refractivity contribution >= 4 is 0 Å². The third kappa shape index (κ3) is 2.16. The molecule has 0 spiro atoms. The monoisotopic (exact) mass is 272 g/mol. The number of aromatic hydroxyl groups is 1. The first-order valence-corrected chi connectivity index (χ1v) is 6.50. The van der Waals surface area contributed by atoms with Gasteiger partial charge in [0.15, 0.2) is 5.75 Å². The molecule has 0 bridgehead atoms. The first kappa shape index (κ1) is 12.7. The van der Waals surface area contributed by atoms with Crippen LogP contribution >= 0.6 is 0 Å². The molecule has 0 aliphatic carbocycles. The summed E-state index contributed by atoms with van der Waals surface area (Å²) in [4.78, 5) is 11.7. The van der Waals surface area contributed by atoms with Gasteiger partial charge in [-0.1, -0.05) is 12.1 Å². The number of hydrogen-bond acceptors (Lipinski definition) is 4. The Hall–Kier alpha value is -2.27. The summed E-state index contributed by atoms with van der Waals surface area (Å²) in [5.41, 5.74) is 1.53. The largest absolute Gasteiger partial charge is 0.503 e. The standard InChI is InChI=1S/C15H16N2O3/c1-20-11-4-2-3-10(7-11)15-12-8-13(18)14(19)9-17(12)6-5-16-15/h2-4,7-9,15-16,19H,5-6H2,1H3. The first-order chi connectivity index (χ1) is 9.69. The minimum Gasteiger partial charge on any atom is -0.503 e. The number of hydrogen-bond donors (Lipinski definition) is 2. The fourth-order valence-electron chi connectivity index (χ4n) is 2.56. The summed E-state index contributed by atoms with van der Waals surface area (Å²) in [7, 11) is 1.63. The van der Waals surface area contributed by atoms with Crippen molar-refractivity contribution in [2.24, 2.45) is 0 Å². The third-order valence-electron chi connectivity index (χ3n) is 3.57. The second-order valence-electron chi connectivity index (χ2n) is 4.80. The van der Waals surface area contributed by atoms with Crippen LogP contribution < -0.4 is 15.5 Å². The molecule has 1 aliphatic heterocycles. The molecule has 2 N–H and O–H groups in total. The number of benzene rings is 1. The zero-order valence-electron chi connectivity index (χ0n) is 11.2. The predicted octanol–water partition coefficient (Wildman–Crippen LogP) is 1.26. The lowest BCUT2D eigenvalue weighted by atomic mass is 10.0. The normalized spacial score (nSPS) is 17.6. The van der Waals surface area contributed by atoms with Crippen LogP contribution in [0.4, 0.5) is 0 Å². The van der Waals surface area contributed by atoms with Gasteiger partial charge in [0.25, 0.3) is 0 Å². The molecule has 20 heavy (non-hydrogen) atoms. The molecular formula is C15H16N2O3. The minimum atomic E-state index is -0.354. The van der Waals surface area contributed by atoms with Crippen molar-refractivity contribution in [3.63, 3.8) is 0 Å². The first-order valence-electron chi connectivity index (χ1n) is 6.50. The van der Waals surface area contributed by atoms with Crippen molar-refractivity contribution in [2.75, 3.05) is 13.7 Å². The third-order valence-corrected chi connectivity index (χ3v) is 3.57. The Morgan fingerprint density at radius 2 is 2.25 bits per heavy atom. The van der Waals surface area contributed by atoms with Gasteiger partial charge in [0.1, 0.15) is 5.75 Å². The molecule has 0 radical (unpaired) electrons. The van der Waals surface area contributed by atoms with E-state index >= 15 is 0 Å². The highest BCUT2D eigenvalue weighted by atomic mass is 16.5. The smallest absolute Gasteiger partial charge is 0.223 e. The second-order valence-corrected chi connectivity index (χ2v) is 4.80. The predicted molar refractivity (Wildman–Crippen MR) is 75.2 cm³/mol. The van der Waals surface area contributed by atoms with Gasteiger partial charge in [-0.25, -0.2) is 0 Å². The molecule has 2 aromatic rings. The zero-order valence-corrected chi connectivity index (χ0v) is 11.2. The van der Waals surface area contributed by atoms with Gasteiger partial charge in [0.2, 0.25) is 5.43 Å². The van der Waals surface area contributed by atoms with Gasteiger partial charge in [0, 0.05) is 24.8 Å². The highest BCUT2D eigenvalue weighted by Crippen LogP contribution is 2.27. The lowest BCUT2D eigenvalue weighted by molar-refractivity contribution is 0.410. The van der Waals surface area contributed by atoms with E-state index in [1.165, 1.54) is 12.3 Å². The van der Waals surface area contributed by atoms with Crippen LogP contribution in [0.15, 0.2) is 41.3 Å². The number of pyridine rings is 1. The maximum absolute atomic E-state index is 11.7. The highest BCUT2D eigenvalue weighted by Gasteiger charge is 2.22. The lowest BCUT2D eigenvalue weighted by Gasteiger charge is -2.29. The number of nitrogens with one attached hydrogen (secondary N) is 1. The minimum absolute atomic E-state index is 0.0767. The maximum Gasteiger partial charge on any atom is 0.223 e. The molecule has 2 heterocycles. The summed E-state index contributed by atoms with van der Waals surface area (Å²) in [6, 6.07) is 9.17. The van der Waals surface area contributed by atoms with Gasteiger partial charge in [-0.05, 0) is 17.7 Å². The van der Waals surface area contributed by atoms with E-state index in [1.807, 2.05) is 28.8 Å². The Labute approximate surface area is 116 Å². The number of methoxy groups -OCH3 is 1. The molecule has 1 unspecified atom stereocenters. The summed E-state index contributed by atoms with van der Waals surface area (Å²) in [6.45, 7) is 1.50. The molecule has 1 aromatic carbocycles. The van der Waals surface area contributed by atoms with Crippen molar-refractivity contribution in [1.82, 2.24) is 9.88 Å². The molecular weight excluding hydrogens is 256 g/mol. The average molecular weight is 272 g/mol. The maximum atomic E-state index is 11.7. The van der Waals surface area contributed by atoms with Crippen molar-refractivity contribution in [3.8, 4) is 11.5 Å². The SMILES string of the molecule is COc1cccc(C2NCCn3cc(O)c(=O)cc32)c1. The van der Waals surface area contributed by atoms with Crippen molar-refractivity contribution in [2.45, 2.75) is 12.6 Å². The molecule has 0 amide bonds. The topological polar surface area (TPSA) is 63.5 Å². The van der Waals surface area contributed by atoms with Gasteiger partial charge < -0.3 is 19.7 Å². The summed E-state index contributed by atoms with van der Waals surface area (Å²) in [6.07, 6.45) is 1.51. The molecule has 1 atom stereocenters. The zero-order chi connectivity index (χ0) is 14.1. The molecule has 0 fully saturated rings. The Kier molecular flexibility index (Phi) is 3.20. The quantitative estimate of drug-likeness (QED) is 0.864. The molecule has 0 saturated heterocycles. The van der Waals surface area contributed by atoms with Crippen molar-refractivity contribution < 1.29 is 9.84 Å². The van der Waals surface area contributed by atoms with E-state index in [9.17, 15) is 9.90 Å². The number of nitrogens with zero attached hydrogens (tertiary/aromatic N) is 1. The second kappa shape index (κ2) is 5.02. The molecule has 5 heteroatoms. The van der Waals surface area contributed by atoms with E-state index in [2.05, 4.69) is 5.32 Å². The summed E-state index contributed by atoms with van der Waals surface area (Å²) >= 11 is 0. The summed E-state index contributed by atoms with van der Waals surface area (Å²) < 4.78 is 7.15. The van der Waals surface area contributed by atoms with E-state index in [0.29, 0.717) is 0 Å². The molecule has 5 nitrogen and oxygen atoms in total. The fourth-order valence-corrected chi connectivity index (χ4v) is 2.56. The van der Waals surface area contributed by atoms with Gasteiger partial charge in [-0.2, -0.15) is 0 Å². The highest BCUT2D eigenvalue weighted by molar-refractivity contribution is 5.36. The van der Waals surface area contributed by atoms with Crippen molar-refractivity contribution in [1.29, 1.82) is 0 Å². The van der Waals surface area contributed by atoms with Crippen LogP contribution in [0, 0.1) is 0 Å². The Morgan fingerprint density at radius 3 is 3.05 bits per heavy atom. The summed E-state index contributed by atoms with van der Waals surface area (Å²) in [5.74, 6) is 0.572. The molecule has 0 saturated carbocycles. The molecule has 104 valence electrons. The number of rotatable bonds is 2. The number of aromatic nitrogens is 1. The van der Waals surface area contributed by atoms with E-state index in [1.54, 1.807) is 7.11 Å². The van der Waals surface area contributed by atoms with E-state index in [4.69, 9.17) is 4.74 Å². The van der Waals surface area contributed by atoms with E-state index < -0.39 is 0 Å². The van der Waals surface area contributed by atoms with Crippen LogP contribution in [-0.2, 0) is 6.54 Å². The van der Waals surface area contributed by atoms with Crippen LogP contribution in [-0.4, -0.2) is 23.3 Å². The Balaban J connectivity index is 2.09.